The van der Waals surface area contributed by atoms with E-state index in [0.717, 1.165) is 17.5 Å². The maximum absolute atomic E-state index is 13.3. The van der Waals surface area contributed by atoms with Gasteiger partial charge in [-0.05, 0) is 73.3 Å². The summed E-state index contributed by atoms with van der Waals surface area (Å²) in [6.07, 6.45) is -0.852. The quantitative estimate of drug-likeness (QED) is 0.258. The number of nitrogens with zero attached hydrogens (tertiary/aromatic N) is 2. The van der Waals surface area contributed by atoms with E-state index < -0.39 is 17.6 Å². The highest BCUT2D eigenvalue weighted by Crippen LogP contribution is 2.34. The molecule has 0 atom stereocenters. The number of hydrogen-bond acceptors (Lipinski definition) is 6. The molecule has 0 fully saturated rings. The molecule has 0 spiro atoms. The number of carbonyl (C=O) groups excluding carboxylic acids is 1. The van der Waals surface area contributed by atoms with E-state index in [1.54, 1.807) is 49.6 Å². The molecule has 0 saturated carbocycles. The van der Waals surface area contributed by atoms with Gasteiger partial charge < -0.3 is 20.7 Å². The second-order valence-corrected chi connectivity index (χ2v) is 7.93. The van der Waals surface area contributed by atoms with Gasteiger partial charge in [-0.15, -0.1) is 0 Å². The monoisotopic (exact) mass is 495 g/mol. The molecule has 10 heteroatoms. The third-order valence-corrected chi connectivity index (χ3v) is 5.39. The molecule has 4 aromatic rings. The van der Waals surface area contributed by atoms with Gasteiger partial charge in [0.25, 0.3) is 5.91 Å². The van der Waals surface area contributed by atoms with Crippen molar-refractivity contribution in [1.29, 1.82) is 0 Å². The summed E-state index contributed by atoms with van der Waals surface area (Å²) in [5.74, 6) is 0.480. The van der Waals surface area contributed by atoms with Crippen molar-refractivity contribution in [3.8, 4) is 11.6 Å². The highest BCUT2D eigenvalue weighted by molar-refractivity contribution is 6.14. The number of fused-ring (bicyclic) bond motifs is 1. The third-order valence-electron chi connectivity index (χ3n) is 5.39. The summed E-state index contributed by atoms with van der Waals surface area (Å²) >= 11 is 0. The lowest BCUT2D eigenvalue weighted by Crippen LogP contribution is -2.17. The van der Waals surface area contributed by atoms with Crippen LogP contribution in [0.3, 0.4) is 0 Å². The average Bonchev–Trinajstić information content (AvgIpc) is 2.87. The van der Waals surface area contributed by atoms with E-state index in [4.69, 9.17) is 4.74 Å². The number of rotatable bonds is 9. The molecule has 1 amide bonds. The van der Waals surface area contributed by atoms with E-state index in [9.17, 15) is 18.0 Å². The smallest absolute Gasteiger partial charge is 0.416 e. The Labute approximate surface area is 205 Å². The molecule has 0 unspecified atom stereocenters. The van der Waals surface area contributed by atoms with Crippen molar-refractivity contribution < 1.29 is 22.7 Å². The first kappa shape index (κ1) is 24.9. The lowest BCUT2D eigenvalue weighted by atomic mass is 10.0. The number of amides is 1. The van der Waals surface area contributed by atoms with Crippen molar-refractivity contribution in [2.24, 2.45) is 0 Å². The number of aromatic nitrogens is 2. The number of nitrogens with one attached hydrogen (secondary N) is 3. The van der Waals surface area contributed by atoms with Gasteiger partial charge in [0, 0.05) is 24.4 Å². The Bertz CT molecular complexity index is 1350. The van der Waals surface area contributed by atoms with Crippen LogP contribution in [-0.4, -0.2) is 36.0 Å². The van der Waals surface area contributed by atoms with Crippen molar-refractivity contribution in [2.75, 3.05) is 30.8 Å². The predicted molar refractivity (Wildman–Crippen MR) is 132 cm³/mol. The molecule has 1 aromatic heterocycles. The highest BCUT2D eigenvalue weighted by atomic mass is 19.4. The Morgan fingerprint density at radius 3 is 2.61 bits per heavy atom. The average molecular weight is 496 g/mol. The Balaban J connectivity index is 1.58. The second-order valence-electron chi connectivity index (χ2n) is 7.93. The first-order chi connectivity index (χ1) is 17.3. The van der Waals surface area contributed by atoms with Gasteiger partial charge in [0.05, 0.1) is 16.9 Å². The third kappa shape index (κ3) is 6.08. The van der Waals surface area contributed by atoms with Gasteiger partial charge in [0.2, 0.25) is 5.88 Å². The lowest BCUT2D eigenvalue weighted by Gasteiger charge is -2.17. The van der Waals surface area contributed by atoms with Crippen LogP contribution >= 0.6 is 0 Å². The van der Waals surface area contributed by atoms with E-state index >= 15 is 0 Å². The van der Waals surface area contributed by atoms with Gasteiger partial charge >= 0.3 is 6.18 Å². The Morgan fingerprint density at radius 1 is 1.00 bits per heavy atom. The molecule has 0 aliphatic rings. The van der Waals surface area contributed by atoms with E-state index in [2.05, 4.69) is 25.9 Å². The number of alkyl halides is 3. The van der Waals surface area contributed by atoms with Crippen LogP contribution < -0.4 is 20.7 Å². The van der Waals surface area contributed by atoms with Crippen LogP contribution in [0.2, 0.25) is 0 Å². The topological polar surface area (TPSA) is 88.2 Å². The Morgan fingerprint density at radius 2 is 1.86 bits per heavy atom. The van der Waals surface area contributed by atoms with E-state index in [1.807, 2.05) is 6.07 Å². The van der Waals surface area contributed by atoms with Gasteiger partial charge in [-0.2, -0.15) is 13.2 Å². The molecule has 36 heavy (non-hydrogen) atoms. The van der Waals surface area contributed by atoms with Gasteiger partial charge in [-0.25, -0.2) is 9.97 Å². The molecule has 1 heterocycles. The van der Waals surface area contributed by atoms with Crippen LogP contribution in [0.4, 0.5) is 24.5 Å². The van der Waals surface area contributed by atoms with Gasteiger partial charge in [0.1, 0.15) is 12.1 Å². The molecule has 0 saturated heterocycles. The largest absolute Gasteiger partial charge is 0.439 e. The lowest BCUT2D eigenvalue weighted by molar-refractivity contribution is -0.137. The molecule has 4 rings (SSSR count). The maximum Gasteiger partial charge on any atom is 0.416 e. The van der Waals surface area contributed by atoms with Gasteiger partial charge in [-0.1, -0.05) is 12.1 Å². The van der Waals surface area contributed by atoms with E-state index in [1.165, 1.54) is 12.4 Å². The first-order valence-corrected chi connectivity index (χ1v) is 11.2. The van der Waals surface area contributed by atoms with Crippen LogP contribution in [0.5, 0.6) is 11.6 Å². The van der Waals surface area contributed by atoms with Crippen molar-refractivity contribution in [1.82, 2.24) is 15.3 Å². The highest BCUT2D eigenvalue weighted by Gasteiger charge is 2.31. The molecule has 0 bridgehead atoms. The SMILES string of the molecule is CNCCCNc1cc(C(F)(F)F)ccc1NC(=O)c1cccc2cc(Oc3ccncn3)ccc12. The minimum atomic E-state index is -4.49. The molecule has 0 aliphatic carbocycles. The van der Waals surface area contributed by atoms with Crippen molar-refractivity contribution in [2.45, 2.75) is 12.6 Å². The summed E-state index contributed by atoms with van der Waals surface area (Å²) in [4.78, 5) is 21.1. The summed E-state index contributed by atoms with van der Waals surface area (Å²) < 4.78 is 45.6. The summed E-state index contributed by atoms with van der Waals surface area (Å²) in [6, 6.07) is 15.3. The zero-order chi connectivity index (χ0) is 25.5. The standard InChI is InChI=1S/C26H24F3N5O2/c1-30-11-3-12-32-23-15-18(26(27,28)29)6-9-22(23)34-25(35)21-5-2-4-17-14-19(7-8-20(17)21)36-24-10-13-31-16-33-24/h2,4-10,13-16,30,32H,3,11-12H2,1H3,(H,34,35). The van der Waals surface area contributed by atoms with Crippen molar-refractivity contribution in [3.63, 3.8) is 0 Å². The second kappa shape index (κ2) is 11.0. The molecular formula is C26H24F3N5O2. The summed E-state index contributed by atoms with van der Waals surface area (Å²) in [6.45, 7) is 1.14. The predicted octanol–water partition coefficient (Wildman–Crippen LogP) is 5.71. The Kier molecular flexibility index (Phi) is 7.65. The number of benzene rings is 3. The summed E-state index contributed by atoms with van der Waals surface area (Å²) in [7, 11) is 1.80. The van der Waals surface area contributed by atoms with Crippen LogP contribution in [0.1, 0.15) is 22.3 Å². The van der Waals surface area contributed by atoms with Crippen molar-refractivity contribution >= 4 is 28.1 Å². The number of carbonyl (C=O) groups is 1. The fourth-order valence-corrected chi connectivity index (χ4v) is 3.64. The molecule has 186 valence electrons. The molecular weight excluding hydrogens is 471 g/mol. The minimum Gasteiger partial charge on any atom is -0.439 e. The van der Waals surface area contributed by atoms with E-state index in [-0.39, 0.29) is 11.4 Å². The number of anilines is 2. The van der Waals surface area contributed by atoms with Gasteiger partial charge in [0.15, 0.2) is 0 Å². The molecule has 7 nitrogen and oxygen atoms in total. The zero-order valence-electron chi connectivity index (χ0n) is 19.4. The summed E-state index contributed by atoms with van der Waals surface area (Å²) in [5, 5.41) is 10.2. The van der Waals surface area contributed by atoms with Crippen LogP contribution in [0.15, 0.2) is 73.2 Å². The minimum absolute atomic E-state index is 0.204. The summed E-state index contributed by atoms with van der Waals surface area (Å²) in [5.41, 5.74) is 0.0494. The van der Waals surface area contributed by atoms with Gasteiger partial charge in [-0.3, -0.25) is 4.79 Å². The first-order valence-electron chi connectivity index (χ1n) is 11.2. The van der Waals surface area contributed by atoms with Crippen LogP contribution in [-0.2, 0) is 6.18 Å². The van der Waals surface area contributed by atoms with Crippen LogP contribution in [0.25, 0.3) is 10.8 Å². The fourth-order valence-electron chi connectivity index (χ4n) is 3.64. The maximum atomic E-state index is 13.3. The number of hydrogen-bond donors (Lipinski definition) is 3. The zero-order valence-corrected chi connectivity index (χ0v) is 19.4. The normalized spacial score (nSPS) is 11.3. The Hall–Kier alpha value is -4.18. The van der Waals surface area contributed by atoms with Crippen molar-refractivity contribution in [3.05, 3.63) is 84.3 Å². The number of halogens is 3. The molecule has 3 N–H and O–H groups in total. The number of ether oxygens (including phenoxy) is 1. The van der Waals surface area contributed by atoms with Crippen LogP contribution in [0, 0.1) is 0 Å². The fraction of sp³-hybridized carbons (Fsp3) is 0.192. The molecule has 0 radical (unpaired) electrons. The molecule has 0 aliphatic heterocycles. The van der Waals surface area contributed by atoms with E-state index in [0.29, 0.717) is 42.1 Å². The molecule has 3 aromatic carbocycles.